The molecule has 0 atom stereocenters. The van der Waals surface area contributed by atoms with Gasteiger partial charge in [-0.2, -0.15) is 4.98 Å². The molecule has 0 fully saturated rings. The van der Waals surface area contributed by atoms with Crippen molar-refractivity contribution in [2.75, 3.05) is 5.73 Å². The molecule has 2 N–H and O–H groups in total. The van der Waals surface area contributed by atoms with Gasteiger partial charge in [-0.05, 0) is 24.6 Å². The zero-order valence-electron chi connectivity index (χ0n) is 8.63. The zero-order chi connectivity index (χ0) is 11.7. The van der Waals surface area contributed by atoms with Crippen LogP contribution >= 0.6 is 23.2 Å². The van der Waals surface area contributed by atoms with Crippen LogP contribution in [0.15, 0.2) is 22.6 Å². The van der Waals surface area contributed by atoms with Crippen molar-refractivity contribution >= 4 is 29.2 Å². The second kappa shape index (κ2) is 4.36. The van der Waals surface area contributed by atoms with Crippen molar-refractivity contribution in [3.8, 4) is 0 Å². The lowest BCUT2D eigenvalue weighted by molar-refractivity contribution is 0.545. The highest BCUT2D eigenvalue weighted by molar-refractivity contribution is 6.35. The predicted molar refractivity (Wildman–Crippen MR) is 64.9 cm³/mol. The molecule has 3 nitrogen and oxygen atoms in total. The Morgan fingerprint density at radius 2 is 2.12 bits per heavy atom. The van der Waals surface area contributed by atoms with Crippen LogP contribution in [0.3, 0.4) is 0 Å². The summed E-state index contributed by atoms with van der Waals surface area (Å²) in [5.41, 5.74) is 7.20. The van der Waals surface area contributed by atoms with Gasteiger partial charge in [-0.3, -0.25) is 0 Å². The van der Waals surface area contributed by atoms with Crippen LogP contribution in [0.4, 0.5) is 6.01 Å². The summed E-state index contributed by atoms with van der Waals surface area (Å²) in [5.74, 6) is 0.712. The molecule has 0 aliphatic carbocycles. The summed E-state index contributed by atoms with van der Waals surface area (Å²) in [6.07, 6.45) is 0.586. The standard InChI is InChI=1S/C11H10Cl2N2O/c1-6-10(15-11(14)16-6)4-7-2-3-8(12)5-9(7)13/h2-3,5H,4H2,1H3,(H2,14,15). The first-order chi connectivity index (χ1) is 7.56. The second-order valence-electron chi connectivity index (χ2n) is 3.47. The van der Waals surface area contributed by atoms with Gasteiger partial charge in [-0.1, -0.05) is 29.3 Å². The summed E-state index contributed by atoms with van der Waals surface area (Å²) in [7, 11) is 0. The van der Waals surface area contributed by atoms with Gasteiger partial charge in [0.25, 0.3) is 6.01 Å². The number of benzene rings is 1. The van der Waals surface area contributed by atoms with E-state index in [1.807, 2.05) is 13.0 Å². The monoisotopic (exact) mass is 256 g/mol. The van der Waals surface area contributed by atoms with E-state index in [1.54, 1.807) is 12.1 Å². The topological polar surface area (TPSA) is 52.0 Å². The maximum absolute atomic E-state index is 6.06. The lowest BCUT2D eigenvalue weighted by atomic mass is 10.1. The summed E-state index contributed by atoms with van der Waals surface area (Å²) in [6, 6.07) is 5.55. The number of nitrogen functional groups attached to an aromatic ring is 1. The third-order valence-corrected chi connectivity index (χ3v) is 2.87. The maximum Gasteiger partial charge on any atom is 0.292 e. The summed E-state index contributed by atoms with van der Waals surface area (Å²) < 4.78 is 5.15. The highest BCUT2D eigenvalue weighted by atomic mass is 35.5. The molecule has 1 aromatic carbocycles. The van der Waals surface area contributed by atoms with E-state index >= 15 is 0 Å². The lowest BCUT2D eigenvalue weighted by Crippen LogP contribution is -1.92. The van der Waals surface area contributed by atoms with Gasteiger partial charge < -0.3 is 10.2 Å². The molecule has 5 heteroatoms. The molecule has 0 aliphatic rings. The molecule has 84 valence electrons. The van der Waals surface area contributed by atoms with E-state index in [-0.39, 0.29) is 6.01 Å². The van der Waals surface area contributed by atoms with Crippen molar-refractivity contribution < 1.29 is 4.42 Å². The molecule has 16 heavy (non-hydrogen) atoms. The minimum absolute atomic E-state index is 0.178. The molecule has 0 aliphatic heterocycles. The summed E-state index contributed by atoms with van der Waals surface area (Å²) in [5, 5.41) is 1.23. The van der Waals surface area contributed by atoms with Gasteiger partial charge in [-0.25, -0.2) is 0 Å². The number of hydrogen-bond donors (Lipinski definition) is 1. The van der Waals surface area contributed by atoms with Crippen molar-refractivity contribution in [3.63, 3.8) is 0 Å². The largest absolute Gasteiger partial charge is 0.429 e. The number of nitrogens with two attached hydrogens (primary N) is 1. The second-order valence-corrected chi connectivity index (χ2v) is 4.31. The molecule has 0 unspecified atom stereocenters. The highest BCUT2D eigenvalue weighted by Crippen LogP contribution is 2.24. The molecule has 0 amide bonds. The quantitative estimate of drug-likeness (QED) is 0.896. The van der Waals surface area contributed by atoms with Gasteiger partial charge in [0, 0.05) is 16.5 Å². The number of anilines is 1. The van der Waals surface area contributed by atoms with Crippen LogP contribution in [-0.2, 0) is 6.42 Å². The molecule has 2 aromatic rings. The molecule has 0 bridgehead atoms. The van der Waals surface area contributed by atoms with Gasteiger partial charge in [-0.15, -0.1) is 0 Å². The average Bonchev–Trinajstić information content (AvgIpc) is 2.50. The first kappa shape index (κ1) is 11.3. The van der Waals surface area contributed by atoms with Crippen LogP contribution in [0.2, 0.25) is 10.0 Å². The van der Waals surface area contributed by atoms with Crippen molar-refractivity contribution in [1.29, 1.82) is 0 Å². The smallest absolute Gasteiger partial charge is 0.292 e. The van der Waals surface area contributed by atoms with Crippen LogP contribution in [0, 0.1) is 6.92 Å². The van der Waals surface area contributed by atoms with E-state index in [4.69, 9.17) is 33.4 Å². The number of oxazole rings is 1. The first-order valence-electron chi connectivity index (χ1n) is 4.72. The summed E-state index contributed by atoms with van der Waals surface area (Å²) in [6.45, 7) is 1.82. The Kier molecular flexibility index (Phi) is 3.08. The fraction of sp³-hybridized carbons (Fsp3) is 0.182. The molecule has 1 aromatic heterocycles. The van der Waals surface area contributed by atoms with Crippen LogP contribution < -0.4 is 5.73 Å². The molecular formula is C11H10Cl2N2O. The Bertz CT molecular complexity index is 523. The normalized spacial score (nSPS) is 10.7. The van der Waals surface area contributed by atoms with Gasteiger partial charge in [0.2, 0.25) is 0 Å². The SMILES string of the molecule is Cc1oc(N)nc1Cc1ccc(Cl)cc1Cl. The predicted octanol–water partition coefficient (Wildman–Crippen LogP) is 3.46. The fourth-order valence-electron chi connectivity index (χ4n) is 1.46. The maximum atomic E-state index is 6.06. The van der Waals surface area contributed by atoms with E-state index in [0.717, 1.165) is 11.3 Å². The third kappa shape index (κ3) is 2.31. The van der Waals surface area contributed by atoms with E-state index in [9.17, 15) is 0 Å². The number of hydrogen-bond acceptors (Lipinski definition) is 3. The molecule has 0 spiro atoms. The number of halogens is 2. The van der Waals surface area contributed by atoms with Crippen molar-refractivity contribution in [1.82, 2.24) is 4.98 Å². The minimum atomic E-state index is 0.178. The molecular weight excluding hydrogens is 247 g/mol. The first-order valence-corrected chi connectivity index (χ1v) is 5.47. The fourth-order valence-corrected chi connectivity index (χ4v) is 1.94. The number of nitrogens with zero attached hydrogens (tertiary/aromatic N) is 1. The van der Waals surface area contributed by atoms with Crippen LogP contribution in [0.1, 0.15) is 17.0 Å². The Hall–Kier alpha value is -1.19. The van der Waals surface area contributed by atoms with Crippen molar-refractivity contribution in [2.24, 2.45) is 0 Å². The molecule has 2 rings (SSSR count). The number of rotatable bonds is 2. The third-order valence-electron chi connectivity index (χ3n) is 2.28. The van der Waals surface area contributed by atoms with E-state index in [1.165, 1.54) is 0 Å². The van der Waals surface area contributed by atoms with Gasteiger partial charge in [0.15, 0.2) is 0 Å². The Morgan fingerprint density at radius 3 is 2.69 bits per heavy atom. The van der Waals surface area contributed by atoms with Gasteiger partial charge in [0.1, 0.15) is 5.76 Å². The Morgan fingerprint density at radius 1 is 1.38 bits per heavy atom. The highest BCUT2D eigenvalue weighted by Gasteiger charge is 2.10. The van der Waals surface area contributed by atoms with E-state index < -0.39 is 0 Å². The lowest BCUT2D eigenvalue weighted by Gasteiger charge is -2.02. The zero-order valence-corrected chi connectivity index (χ0v) is 10.1. The van der Waals surface area contributed by atoms with Gasteiger partial charge >= 0.3 is 0 Å². The number of aromatic nitrogens is 1. The average molecular weight is 257 g/mol. The minimum Gasteiger partial charge on any atom is -0.429 e. The molecule has 0 saturated carbocycles. The van der Waals surface area contributed by atoms with Crippen LogP contribution in [0.5, 0.6) is 0 Å². The molecule has 0 saturated heterocycles. The van der Waals surface area contributed by atoms with Gasteiger partial charge in [0.05, 0.1) is 5.69 Å². The Labute approximate surface area is 103 Å². The van der Waals surface area contributed by atoms with Crippen LogP contribution in [0.25, 0.3) is 0 Å². The Balaban J connectivity index is 2.30. The van der Waals surface area contributed by atoms with Crippen molar-refractivity contribution in [3.05, 3.63) is 45.3 Å². The van der Waals surface area contributed by atoms with Crippen LogP contribution in [-0.4, -0.2) is 4.98 Å². The molecule has 0 radical (unpaired) electrons. The summed E-state index contributed by atoms with van der Waals surface area (Å²) in [4.78, 5) is 4.09. The van der Waals surface area contributed by atoms with Crippen molar-refractivity contribution in [2.45, 2.75) is 13.3 Å². The molecule has 1 heterocycles. The number of aryl methyl sites for hydroxylation is 1. The van der Waals surface area contributed by atoms with E-state index in [2.05, 4.69) is 4.98 Å². The summed E-state index contributed by atoms with van der Waals surface area (Å²) >= 11 is 11.9. The van der Waals surface area contributed by atoms with E-state index in [0.29, 0.717) is 22.2 Å².